The third-order valence-corrected chi connectivity index (χ3v) is 3.35. The average molecular weight is 273 g/mol. The smallest absolute Gasteiger partial charge is 0.203 e. The summed E-state index contributed by atoms with van der Waals surface area (Å²) in [5.41, 5.74) is 1.23. The second kappa shape index (κ2) is 6.46. The summed E-state index contributed by atoms with van der Waals surface area (Å²) in [4.78, 5) is 4.40. The van der Waals surface area contributed by atoms with Crippen molar-refractivity contribution in [3.63, 3.8) is 0 Å². The molecule has 0 aliphatic carbocycles. The van der Waals surface area contributed by atoms with E-state index < -0.39 is 0 Å². The van der Waals surface area contributed by atoms with Crippen molar-refractivity contribution in [3.8, 4) is 5.75 Å². The molecule has 1 heterocycles. The van der Waals surface area contributed by atoms with E-state index in [4.69, 9.17) is 4.74 Å². The maximum absolute atomic E-state index is 5.20. The minimum atomic E-state index is 0.234. The van der Waals surface area contributed by atoms with E-state index in [1.807, 2.05) is 24.5 Å². The first-order chi connectivity index (χ1) is 9.61. The van der Waals surface area contributed by atoms with Crippen LogP contribution in [-0.2, 0) is 0 Å². The molecule has 0 amide bonds. The molecule has 0 aliphatic rings. The first kappa shape index (κ1) is 14.4. The Kier molecular flexibility index (Phi) is 4.66. The Hall–Kier alpha value is -1.97. The van der Waals surface area contributed by atoms with Crippen molar-refractivity contribution in [1.29, 1.82) is 0 Å². The lowest BCUT2D eigenvalue weighted by atomic mass is 10.1. The first-order valence-corrected chi connectivity index (χ1v) is 7.02. The molecule has 0 radical (unpaired) electrons. The summed E-state index contributed by atoms with van der Waals surface area (Å²) in [5, 5.41) is 3.39. The van der Waals surface area contributed by atoms with Crippen LogP contribution in [0.1, 0.15) is 32.4 Å². The van der Waals surface area contributed by atoms with Gasteiger partial charge < -0.3 is 14.6 Å². The van der Waals surface area contributed by atoms with Crippen LogP contribution >= 0.6 is 0 Å². The lowest BCUT2D eigenvalue weighted by Gasteiger charge is -2.18. The number of ether oxygens (including phenoxy) is 1. The number of benzene rings is 1. The van der Waals surface area contributed by atoms with Crippen LogP contribution in [0.25, 0.3) is 0 Å². The van der Waals surface area contributed by atoms with E-state index in [2.05, 4.69) is 47.8 Å². The van der Waals surface area contributed by atoms with E-state index in [1.54, 1.807) is 7.11 Å². The van der Waals surface area contributed by atoms with Gasteiger partial charge in [0.05, 0.1) is 13.2 Å². The van der Waals surface area contributed by atoms with Crippen LogP contribution in [-0.4, -0.2) is 23.2 Å². The fourth-order valence-corrected chi connectivity index (χ4v) is 2.10. The Labute approximate surface area is 120 Å². The van der Waals surface area contributed by atoms with Crippen LogP contribution in [0.4, 0.5) is 5.95 Å². The van der Waals surface area contributed by atoms with Gasteiger partial charge in [0.1, 0.15) is 5.75 Å². The van der Waals surface area contributed by atoms with E-state index in [9.17, 15) is 0 Å². The monoisotopic (exact) mass is 273 g/mol. The van der Waals surface area contributed by atoms with Gasteiger partial charge in [0.2, 0.25) is 5.95 Å². The van der Waals surface area contributed by atoms with Gasteiger partial charge in [-0.1, -0.05) is 26.0 Å². The van der Waals surface area contributed by atoms with Crippen molar-refractivity contribution in [2.24, 2.45) is 5.92 Å². The van der Waals surface area contributed by atoms with Gasteiger partial charge in [-0.3, -0.25) is 0 Å². The number of imidazole rings is 1. The molecule has 0 fully saturated rings. The molecule has 1 aromatic carbocycles. The highest BCUT2D eigenvalue weighted by atomic mass is 16.5. The Morgan fingerprint density at radius 3 is 2.50 bits per heavy atom. The van der Waals surface area contributed by atoms with Gasteiger partial charge in [-0.05, 0) is 30.5 Å². The Balaban J connectivity index is 2.15. The van der Waals surface area contributed by atoms with Crippen molar-refractivity contribution in [1.82, 2.24) is 9.55 Å². The number of rotatable bonds is 6. The predicted octanol–water partition coefficient (Wildman–Crippen LogP) is 3.57. The zero-order valence-electron chi connectivity index (χ0n) is 12.6. The van der Waals surface area contributed by atoms with E-state index in [0.717, 1.165) is 18.2 Å². The SMILES string of the molecule is COc1ccc(C(C)n2ccnc2NCC(C)C)cc1. The summed E-state index contributed by atoms with van der Waals surface area (Å²) in [6, 6.07) is 8.40. The molecule has 2 rings (SSSR count). The van der Waals surface area contributed by atoms with Crippen LogP contribution in [0, 0.1) is 5.92 Å². The van der Waals surface area contributed by atoms with Crippen molar-refractivity contribution in [3.05, 3.63) is 42.2 Å². The van der Waals surface area contributed by atoms with Gasteiger partial charge >= 0.3 is 0 Å². The van der Waals surface area contributed by atoms with Gasteiger partial charge in [0.25, 0.3) is 0 Å². The molecule has 1 unspecified atom stereocenters. The largest absolute Gasteiger partial charge is 0.497 e. The molecule has 1 atom stereocenters. The van der Waals surface area contributed by atoms with Crippen molar-refractivity contribution in [2.45, 2.75) is 26.8 Å². The van der Waals surface area contributed by atoms with Crippen molar-refractivity contribution >= 4 is 5.95 Å². The van der Waals surface area contributed by atoms with Gasteiger partial charge in [0.15, 0.2) is 0 Å². The third kappa shape index (κ3) is 3.32. The Morgan fingerprint density at radius 1 is 1.20 bits per heavy atom. The normalized spacial score (nSPS) is 12.4. The van der Waals surface area contributed by atoms with E-state index in [1.165, 1.54) is 5.56 Å². The number of hydrogen-bond acceptors (Lipinski definition) is 3. The molecule has 2 aromatic rings. The minimum absolute atomic E-state index is 0.234. The van der Waals surface area contributed by atoms with E-state index >= 15 is 0 Å². The number of methoxy groups -OCH3 is 1. The topological polar surface area (TPSA) is 39.1 Å². The second-order valence-corrected chi connectivity index (χ2v) is 5.38. The first-order valence-electron chi connectivity index (χ1n) is 7.02. The van der Waals surface area contributed by atoms with Crippen molar-refractivity contribution in [2.75, 3.05) is 19.0 Å². The number of anilines is 1. The standard InChI is InChI=1S/C16H23N3O/c1-12(2)11-18-16-17-9-10-19(16)13(3)14-5-7-15(20-4)8-6-14/h5-10,12-13H,11H2,1-4H3,(H,17,18). The van der Waals surface area contributed by atoms with Crippen LogP contribution < -0.4 is 10.1 Å². The highest BCUT2D eigenvalue weighted by molar-refractivity contribution is 5.33. The molecule has 1 N–H and O–H groups in total. The number of nitrogens with zero attached hydrogens (tertiary/aromatic N) is 2. The summed E-state index contributed by atoms with van der Waals surface area (Å²) in [7, 11) is 1.68. The highest BCUT2D eigenvalue weighted by Crippen LogP contribution is 2.23. The molecule has 4 nitrogen and oxygen atoms in total. The molecule has 20 heavy (non-hydrogen) atoms. The van der Waals surface area contributed by atoms with Gasteiger partial charge in [-0.25, -0.2) is 4.98 Å². The average Bonchev–Trinajstić information content (AvgIpc) is 2.93. The highest BCUT2D eigenvalue weighted by Gasteiger charge is 2.12. The molecule has 108 valence electrons. The number of nitrogens with one attached hydrogen (secondary N) is 1. The molecule has 0 aliphatic heterocycles. The van der Waals surface area contributed by atoms with E-state index in [-0.39, 0.29) is 6.04 Å². The fraction of sp³-hybridized carbons (Fsp3) is 0.438. The van der Waals surface area contributed by atoms with Crippen LogP contribution in [0.2, 0.25) is 0 Å². The van der Waals surface area contributed by atoms with Crippen LogP contribution in [0.15, 0.2) is 36.7 Å². The minimum Gasteiger partial charge on any atom is -0.497 e. The Morgan fingerprint density at radius 2 is 1.90 bits per heavy atom. The molecule has 0 saturated heterocycles. The Bertz CT molecular complexity index is 531. The van der Waals surface area contributed by atoms with Crippen LogP contribution in [0.5, 0.6) is 5.75 Å². The summed E-state index contributed by atoms with van der Waals surface area (Å²) in [5.74, 6) is 2.39. The third-order valence-electron chi connectivity index (χ3n) is 3.35. The quantitative estimate of drug-likeness (QED) is 0.874. The molecule has 4 heteroatoms. The lowest BCUT2D eigenvalue weighted by Crippen LogP contribution is -2.15. The summed E-state index contributed by atoms with van der Waals surface area (Å²) in [6.07, 6.45) is 3.85. The van der Waals surface area contributed by atoms with E-state index in [0.29, 0.717) is 5.92 Å². The summed E-state index contributed by atoms with van der Waals surface area (Å²) < 4.78 is 7.35. The van der Waals surface area contributed by atoms with Crippen molar-refractivity contribution < 1.29 is 4.74 Å². The second-order valence-electron chi connectivity index (χ2n) is 5.38. The molecular formula is C16H23N3O. The maximum Gasteiger partial charge on any atom is 0.203 e. The van der Waals surface area contributed by atoms with Gasteiger partial charge in [0, 0.05) is 18.9 Å². The number of hydrogen-bond donors (Lipinski definition) is 1. The summed E-state index contributed by atoms with van der Waals surface area (Å²) in [6.45, 7) is 7.47. The zero-order valence-corrected chi connectivity index (χ0v) is 12.6. The van der Waals surface area contributed by atoms with Gasteiger partial charge in [-0.2, -0.15) is 0 Å². The predicted molar refractivity (Wildman–Crippen MR) is 82.4 cm³/mol. The molecular weight excluding hydrogens is 250 g/mol. The maximum atomic E-state index is 5.20. The fourth-order valence-electron chi connectivity index (χ4n) is 2.10. The molecule has 1 aromatic heterocycles. The lowest BCUT2D eigenvalue weighted by molar-refractivity contribution is 0.414. The van der Waals surface area contributed by atoms with Gasteiger partial charge in [-0.15, -0.1) is 0 Å². The van der Waals surface area contributed by atoms with Crippen LogP contribution in [0.3, 0.4) is 0 Å². The zero-order chi connectivity index (χ0) is 14.5. The molecule has 0 bridgehead atoms. The molecule has 0 saturated carbocycles. The molecule has 0 spiro atoms. The summed E-state index contributed by atoms with van der Waals surface area (Å²) >= 11 is 0. The number of aromatic nitrogens is 2.